The number of hydrogen-bond donors (Lipinski definition) is 1. The molecule has 3 fully saturated rings. The number of nitrogens with zero attached hydrogens (tertiary/aromatic N) is 1. The summed E-state index contributed by atoms with van der Waals surface area (Å²) in [6.07, 6.45) is -1.64. The first-order chi connectivity index (χ1) is 12.1. The van der Waals surface area contributed by atoms with Crippen LogP contribution in [-0.2, 0) is 28.5 Å². The Labute approximate surface area is 153 Å². The smallest absolute Gasteiger partial charge is 0.410 e. The lowest BCUT2D eigenvalue weighted by Gasteiger charge is -2.37. The molecule has 148 valence electrons. The van der Waals surface area contributed by atoms with Crippen LogP contribution >= 0.6 is 0 Å². The number of rotatable bonds is 3. The van der Waals surface area contributed by atoms with Crippen molar-refractivity contribution in [3.63, 3.8) is 0 Å². The van der Waals surface area contributed by atoms with Gasteiger partial charge in [0.25, 0.3) is 0 Å². The first kappa shape index (κ1) is 19.3. The highest BCUT2D eigenvalue weighted by atomic mass is 16.8. The van der Waals surface area contributed by atoms with Crippen molar-refractivity contribution in [1.29, 1.82) is 0 Å². The van der Waals surface area contributed by atoms with Gasteiger partial charge < -0.3 is 34.3 Å². The van der Waals surface area contributed by atoms with Gasteiger partial charge in [-0.3, -0.25) is 4.79 Å². The maximum Gasteiger partial charge on any atom is 0.410 e. The molecule has 0 bridgehead atoms. The zero-order valence-corrected chi connectivity index (χ0v) is 15.7. The van der Waals surface area contributed by atoms with Gasteiger partial charge in [-0.25, -0.2) is 4.79 Å². The molecule has 0 aliphatic carbocycles. The van der Waals surface area contributed by atoms with Gasteiger partial charge in [0.1, 0.15) is 12.7 Å². The minimum absolute atomic E-state index is 0.0334. The largest absolute Gasteiger partial charge is 0.463 e. The zero-order valence-electron chi connectivity index (χ0n) is 15.7. The van der Waals surface area contributed by atoms with E-state index >= 15 is 0 Å². The lowest BCUT2D eigenvalue weighted by atomic mass is 9.91. The molecular weight excluding hydrogens is 344 g/mol. The minimum atomic E-state index is -0.834. The molecule has 0 aromatic heterocycles. The van der Waals surface area contributed by atoms with Crippen LogP contribution in [0.5, 0.6) is 0 Å². The van der Waals surface area contributed by atoms with Crippen LogP contribution in [0.15, 0.2) is 0 Å². The Hall–Kier alpha value is -1.42. The second-order valence-corrected chi connectivity index (χ2v) is 7.94. The number of esters is 1. The number of carbonyl (C=O) groups is 2. The number of piperidine rings is 1. The number of nitrogens with two attached hydrogens (primary N) is 1. The van der Waals surface area contributed by atoms with Crippen molar-refractivity contribution in [1.82, 2.24) is 4.90 Å². The summed E-state index contributed by atoms with van der Waals surface area (Å²) in [6.45, 7) is 7.85. The van der Waals surface area contributed by atoms with E-state index in [2.05, 4.69) is 0 Å². The average molecular weight is 372 g/mol. The molecule has 3 saturated heterocycles. The molecule has 26 heavy (non-hydrogen) atoms. The van der Waals surface area contributed by atoms with Crippen molar-refractivity contribution in [2.45, 2.75) is 76.5 Å². The molecule has 3 aliphatic rings. The molecule has 0 radical (unpaired) electrons. The molecule has 9 heteroatoms. The fourth-order valence-electron chi connectivity index (χ4n) is 3.41. The number of amides is 1. The summed E-state index contributed by atoms with van der Waals surface area (Å²) in [5.41, 5.74) is 5.85. The van der Waals surface area contributed by atoms with Gasteiger partial charge in [0, 0.05) is 25.6 Å². The first-order valence-electron chi connectivity index (χ1n) is 8.95. The number of fused-ring (bicyclic) bond motifs is 1. The minimum Gasteiger partial charge on any atom is -0.463 e. The van der Waals surface area contributed by atoms with Gasteiger partial charge in [0.15, 0.2) is 24.3 Å². The van der Waals surface area contributed by atoms with E-state index in [9.17, 15) is 9.59 Å². The van der Waals surface area contributed by atoms with E-state index in [1.54, 1.807) is 18.7 Å². The Kier molecular flexibility index (Phi) is 5.17. The van der Waals surface area contributed by atoms with Gasteiger partial charge >= 0.3 is 12.1 Å². The van der Waals surface area contributed by atoms with E-state index in [0.717, 1.165) is 0 Å². The van der Waals surface area contributed by atoms with Gasteiger partial charge in [0.05, 0.1) is 0 Å². The highest BCUT2D eigenvalue weighted by molar-refractivity contribution is 5.68. The molecule has 2 N–H and O–H groups in total. The topological polar surface area (TPSA) is 110 Å². The van der Waals surface area contributed by atoms with Crippen molar-refractivity contribution in [3.8, 4) is 0 Å². The number of ether oxygens (including phenoxy) is 5. The lowest BCUT2D eigenvalue weighted by Crippen LogP contribution is -2.51. The molecule has 0 aromatic carbocycles. The van der Waals surface area contributed by atoms with E-state index < -0.39 is 42.5 Å². The Morgan fingerprint density at radius 3 is 2.46 bits per heavy atom. The molecule has 1 amide bonds. The fraction of sp³-hybridized carbons (Fsp3) is 0.882. The predicted octanol–water partition coefficient (Wildman–Crippen LogP) is 0.744. The number of carbonyl (C=O) groups excluding carboxylic acids is 2. The van der Waals surface area contributed by atoms with Crippen LogP contribution in [0.3, 0.4) is 0 Å². The Balaban J connectivity index is 1.65. The standard InChI is InChI=1S/C17H28N2O7/c1-10(20)22-9-11-12(13-14(23-11)26-16(2,3)25-13)24-15(21)19-7-5-17(4,18)6-8-19/h11-14H,5-9,18H2,1-4H3/t11-,12+,13-,14-/m1/s1. The Morgan fingerprint density at radius 2 is 1.85 bits per heavy atom. The SMILES string of the molecule is CC(=O)OC[C@H]1O[C@@H]2OC(C)(C)O[C@@H]2[C@H]1OC(=O)N1CCC(C)(N)CC1. The summed E-state index contributed by atoms with van der Waals surface area (Å²) < 4.78 is 28.0. The molecule has 0 saturated carbocycles. The third-order valence-corrected chi connectivity index (χ3v) is 4.94. The van der Waals surface area contributed by atoms with Crippen LogP contribution in [0.25, 0.3) is 0 Å². The van der Waals surface area contributed by atoms with Crippen molar-refractivity contribution in [3.05, 3.63) is 0 Å². The zero-order chi connectivity index (χ0) is 19.1. The molecule has 9 nitrogen and oxygen atoms in total. The first-order valence-corrected chi connectivity index (χ1v) is 8.95. The highest BCUT2D eigenvalue weighted by Crippen LogP contribution is 2.39. The lowest BCUT2D eigenvalue weighted by molar-refractivity contribution is -0.220. The van der Waals surface area contributed by atoms with Gasteiger partial charge in [-0.1, -0.05) is 0 Å². The van der Waals surface area contributed by atoms with Crippen molar-refractivity contribution in [2.75, 3.05) is 19.7 Å². The predicted molar refractivity (Wildman–Crippen MR) is 89.0 cm³/mol. The van der Waals surface area contributed by atoms with E-state index in [1.165, 1.54) is 6.92 Å². The molecule has 3 aliphatic heterocycles. The maximum absolute atomic E-state index is 12.6. The number of likely N-dealkylation sites (tertiary alicyclic amines) is 1. The molecule has 0 spiro atoms. The Morgan fingerprint density at radius 1 is 1.19 bits per heavy atom. The number of hydrogen-bond acceptors (Lipinski definition) is 8. The molecule has 0 unspecified atom stereocenters. The summed E-state index contributed by atoms with van der Waals surface area (Å²) in [5.74, 6) is -1.27. The summed E-state index contributed by atoms with van der Waals surface area (Å²) >= 11 is 0. The third kappa shape index (κ3) is 4.28. The van der Waals surface area contributed by atoms with E-state index in [-0.39, 0.29) is 12.1 Å². The third-order valence-electron chi connectivity index (χ3n) is 4.94. The normalized spacial score (nSPS) is 35.0. The average Bonchev–Trinajstić information content (AvgIpc) is 2.98. The van der Waals surface area contributed by atoms with Gasteiger partial charge in [-0.05, 0) is 33.6 Å². The second-order valence-electron chi connectivity index (χ2n) is 7.94. The maximum atomic E-state index is 12.6. The summed E-state index contributed by atoms with van der Waals surface area (Å²) in [6, 6.07) is 0. The molecule has 3 heterocycles. The van der Waals surface area contributed by atoms with Crippen LogP contribution < -0.4 is 5.73 Å². The molecule has 3 rings (SSSR count). The summed E-state index contributed by atoms with van der Waals surface area (Å²) in [5, 5.41) is 0. The van der Waals surface area contributed by atoms with Crippen LogP contribution in [0.4, 0.5) is 4.79 Å². The van der Waals surface area contributed by atoms with Crippen LogP contribution in [0.1, 0.15) is 40.5 Å². The van der Waals surface area contributed by atoms with Crippen molar-refractivity contribution < 1.29 is 33.3 Å². The molecule has 0 aromatic rings. The molecule has 4 atom stereocenters. The van der Waals surface area contributed by atoms with Crippen molar-refractivity contribution in [2.24, 2.45) is 5.73 Å². The van der Waals surface area contributed by atoms with Crippen LogP contribution in [0, 0.1) is 0 Å². The fourth-order valence-corrected chi connectivity index (χ4v) is 3.41. The highest BCUT2D eigenvalue weighted by Gasteiger charge is 2.57. The van der Waals surface area contributed by atoms with Gasteiger partial charge in [-0.15, -0.1) is 0 Å². The summed E-state index contributed by atoms with van der Waals surface area (Å²) in [7, 11) is 0. The van der Waals surface area contributed by atoms with E-state index in [0.29, 0.717) is 25.9 Å². The van der Waals surface area contributed by atoms with Gasteiger partial charge in [-0.2, -0.15) is 0 Å². The summed E-state index contributed by atoms with van der Waals surface area (Å²) in [4.78, 5) is 25.4. The van der Waals surface area contributed by atoms with E-state index in [4.69, 9.17) is 29.4 Å². The van der Waals surface area contributed by atoms with Gasteiger partial charge in [0.2, 0.25) is 0 Å². The monoisotopic (exact) mass is 372 g/mol. The Bertz CT molecular complexity index is 555. The van der Waals surface area contributed by atoms with Crippen molar-refractivity contribution >= 4 is 12.1 Å². The quantitative estimate of drug-likeness (QED) is 0.723. The van der Waals surface area contributed by atoms with Crippen LogP contribution in [-0.4, -0.2) is 72.6 Å². The second kappa shape index (κ2) is 6.95. The van der Waals surface area contributed by atoms with Crippen LogP contribution in [0.2, 0.25) is 0 Å². The molecular formula is C17H28N2O7. The van der Waals surface area contributed by atoms with E-state index in [1.807, 2.05) is 6.92 Å².